The summed E-state index contributed by atoms with van der Waals surface area (Å²) in [6.45, 7) is 0. The number of nitro groups is 1. The molecule has 0 fully saturated rings. The number of aromatic nitrogens is 2. The highest BCUT2D eigenvalue weighted by Gasteiger charge is 2.13. The number of rotatable bonds is 3. The number of imidazole rings is 1. The number of carbonyl (C=O) groups is 1. The summed E-state index contributed by atoms with van der Waals surface area (Å²) in [6.07, 6.45) is 2.54. The SMILES string of the molecule is O=C(O)c1ccc(-n2cnc([N+](=O)[O-])c2)cc1Br. The Morgan fingerprint density at radius 2 is 2.22 bits per heavy atom. The molecule has 0 bridgehead atoms. The van der Waals surface area contributed by atoms with E-state index >= 15 is 0 Å². The summed E-state index contributed by atoms with van der Waals surface area (Å²) in [5.41, 5.74) is 0.695. The average Bonchev–Trinajstić information content (AvgIpc) is 2.77. The number of hydrogen-bond donors (Lipinski definition) is 1. The molecule has 1 N–H and O–H groups in total. The van der Waals surface area contributed by atoms with E-state index in [1.54, 1.807) is 12.1 Å². The van der Waals surface area contributed by atoms with Crippen LogP contribution in [0.2, 0.25) is 0 Å². The van der Waals surface area contributed by atoms with E-state index in [9.17, 15) is 14.9 Å². The summed E-state index contributed by atoms with van der Waals surface area (Å²) < 4.78 is 1.83. The average molecular weight is 312 g/mol. The maximum atomic E-state index is 10.8. The number of hydrogen-bond acceptors (Lipinski definition) is 4. The van der Waals surface area contributed by atoms with E-state index in [0.717, 1.165) is 0 Å². The van der Waals surface area contributed by atoms with Crippen molar-refractivity contribution >= 4 is 27.7 Å². The Morgan fingerprint density at radius 1 is 1.50 bits per heavy atom. The molecule has 18 heavy (non-hydrogen) atoms. The van der Waals surface area contributed by atoms with E-state index in [1.807, 2.05) is 0 Å². The molecule has 0 atom stereocenters. The van der Waals surface area contributed by atoms with E-state index < -0.39 is 10.9 Å². The normalized spacial score (nSPS) is 10.3. The van der Waals surface area contributed by atoms with Crippen LogP contribution in [-0.2, 0) is 0 Å². The molecule has 0 saturated heterocycles. The van der Waals surface area contributed by atoms with E-state index in [0.29, 0.717) is 10.2 Å². The monoisotopic (exact) mass is 311 g/mol. The Balaban J connectivity index is 2.42. The van der Waals surface area contributed by atoms with Gasteiger partial charge in [0.25, 0.3) is 0 Å². The van der Waals surface area contributed by atoms with Crippen LogP contribution in [0.5, 0.6) is 0 Å². The first-order valence-electron chi connectivity index (χ1n) is 4.70. The molecule has 2 rings (SSSR count). The van der Waals surface area contributed by atoms with Crippen molar-refractivity contribution < 1.29 is 14.8 Å². The second-order valence-corrected chi connectivity index (χ2v) is 4.22. The standard InChI is InChI=1S/C10H6BrN3O4/c11-8-3-6(1-2-7(8)10(15)16)13-4-9(12-5-13)14(17)18/h1-5H,(H,15,16). The molecular weight excluding hydrogens is 306 g/mol. The highest BCUT2D eigenvalue weighted by molar-refractivity contribution is 9.10. The number of nitrogens with zero attached hydrogens (tertiary/aromatic N) is 3. The van der Waals surface area contributed by atoms with Crippen molar-refractivity contribution in [1.29, 1.82) is 0 Å². The summed E-state index contributed by atoms with van der Waals surface area (Å²) >= 11 is 3.13. The minimum absolute atomic E-state index is 0.119. The zero-order valence-corrected chi connectivity index (χ0v) is 10.4. The topological polar surface area (TPSA) is 98.3 Å². The summed E-state index contributed by atoms with van der Waals surface area (Å²) in [6, 6.07) is 4.50. The fourth-order valence-corrected chi connectivity index (χ4v) is 1.92. The van der Waals surface area contributed by atoms with Crippen LogP contribution in [0.3, 0.4) is 0 Å². The quantitative estimate of drug-likeness (QED) is 0.692. The third kappa shape index (κ3) is 2.23. The Morgan fingerprint density at radius 3 is 2.72 bits per heavy atom. The summed E-state index contributed by atoms with van der Waals surface area (Å²) in [5.74, 6) is -1.32. The van der Waals surface area contributed by atoms with Crippen LogP contribution in [0.15, 0.2) is 35.2 Å². The first-order chi connectivity index (χ1) is 8.49. The van der Waals surface area contributed by atoms with Gasteiger partial charge in [0.1, 0.15) is 6.20 Å². The van der Waals surface area contributed by atoms with Gasteiger partial charge in [0, 0.05) is 10.2 Å². The van der Waals surface area contributed by atoms with Crippen molar-refractivity contribution in [1.82, 2.24) is 9.55 Å². The molecule has 1 aromatic heterocycles. The molecule has 0 radical (unpaired) electrons. The van der Waals surface area contributed by atoms with Gasteiger partial charge in [-0.3, -0.25) is 4.57 Å². The molecule has 1 heterocycles. The lowest BCUT2D eigenvalue weighted by Gasteiger charge is -2.03. The van der Waals surface area contributed by atoms with Gasteiger partial charge in [-0.15, -0.1) is 0 Å². The molecule has 0 aliphatic heterocycles. The van der Waals surface area contributed by atoms with Crippen molar-refractivity contribution in [3.63, 3.8) is 0 Å². The van der Waals surface area contributed by atoms with Crippen molar-refractivity contribution in [3.05, 3.63) is 50.9 Å². The Bertz CT molecular complexity index is 638. The van der Waals surface area contributed by atoms with Crippen molar-refractivity contribution in [2.45, 2.75) is 0 Å². The van der Waals surface area contributed by atoms with Gasteiger partial charge in [0.2, 0.25) is 6.33 Å². The number of carboxylic acids is 1. The molecule has 0 amide bonds. The van der Waals surface area contributed by atoms with Crippen LogP contribution in [-0.4, -0.2) is 25.6 Å². The molecule has 0 spiro atoms. The predicted octanol–water partition coefficient (Wildman–Crippen LogP) is 2.24. The summed E-state index contributed by atoms with van der Waals surface area (Å²) in [7, 11) is 0. The highest BCUT2D eigenvalue weighted by atomic mass is 79.9. The second kappa shape index (κ2) is 4.57. The van der Waals surface area contributed by atoms with Gasteiger partial charge in [-0.1, -0.05) is 0 Å². The molecule has 0 aliphatic carbocycles. The molecule has 7 nitrogen and oxygen atoms in total. The van der Waals surface area contributed by atoms with E-state index in [2.05, 4.69) is 20.9 Å². The van der Waals surface area contributed by atoms with Crippen molar-refractivity contribution in [3.8, 4) is 5.69 Å². The zero-order chi connectivity index (χ0) is 13.3. The molecule has 92 valence electrons. The lowest BCUT2D eigenvalue weighted by Crippen LogP contribution is -1.99. The predicted molar refractivity (Wildman–Crippen MR) is 64.9 cm³/mol. The van der Waals surface area contributed by atoms with Gasteiger partial charge < -0.3 is 15.2 Å². The molecule has 8 heteroatoms. The Hall–Kier alpha value is -2.22. The summed E-state index contributed by atoms with van der Waals surface area (Å²) in [4.78, 5) is 24.3. The third-order valence-corrected chi connectivity index (χ3v) is 2.89. The van der Waals surface area contributed by atoms with Crippen LogP contribution in [0.1, 0.15) is 10.4 Å². The lowest BCUT2D eigenvalue weighted by atomic mass is 10.2. The van der Waals surface area contributed by atoms with Gasteiger partial charge in [-0.25, -0.2) is 4.79 Å². The van der Waals surface area contributed by atoms with E-state index in [4.69, 9.17) is 5.11 Å². The van der Waals surface area contributed by atoms with Crippen molar-refractivity contribution in [2.75, 3.05) is 0 Å². The lowest BCUT2D eigenvalue weighted by molar-refractivity contribution is -0.389. The van der Waals surface area contributed by atoms with E-state index in [-0.39, 0.29) is 11.4 Å². The summed E-state index contributed by atoms with van der Waals surface area (Å²) in [5, 5.41) is 19.4. The molecule has 2 aromatic rings. The van der Waals surface area contributed by atoms with Gasteiger partial charge in [-0.05, 0) is 44.0 Å². The molecule has 1 aromatic carbocycles. The number of benzene rings is 1. The molecule has 0 aliphatic rings. The van der Waals surface area contributed by atoms with Gasteiger partial charge in [-0.2, -0.15) is 0 Å². The molecule has 0 saturated carbocycles. The fourth-order valence-electron chi connectivity index (χ4n) is 1.39. The number of carboxylic acid groups (broad SMARTS) is 1. The first kappa shape index (κ1) is 12.2. The van der Waals surface area contributed by atoms with Gasteiger partial charge >= 0.3 is 11.8 Å². The van der Waals surface area contributed by atoms with Crippen LogP contribution in [0, 0.1) is 10.1 Å². The minimum Gasteiger partial charge on any atom is -0.478 e. The Labute approximate surface area is 109 Å². The zero-order valence-electron chi connectivity index (χ0n) is 8.78. The van der Waals surface area contributed by atoms with Crippen LogP contribution in [0.4, 0.5) is 5.82 Å². The fraction of sp³-hybridized carbons (Fsp3) is 0. The van der Waals surface area contributed by atoms with Gasteiger partial charge in [0.15, 0.2) is 0 Å². The number of aromatic carboxylic acids is 1. The van der Waals surface area contributed by atoms with Gasteiger partial charge in [0.05, 0.1) is 5.56 Å². The van der Waals surface area contributed by atoms with Crippen LogP contribution < -0.4 is 0 Å². The molecular formula is C10H6BrN3O4. The first-order valence-corrected chi connectivity index (χ1v) is 5.50. The van der Waals surface area contributed by atoms with Crippen LogP contribution in [0.25, 0.3) is 5.69 Å². The number of halogens is 1. The van der Waals surface area contributed by atoms with Crippen LogP contribution >= 0.6 is 15.9 Å². The van der Waals surface area contributed by atoms with Crippen molar-refractivity contribution in [2.24, 2.45) is 0 Å². The second-order valence-electron chi connectivity index (χ2n) is 3.37. The Kier molecular flexibility index (Phi) is 3.11. The maximum absolute atomic E-state index is 10.8. The van der Waals surface area contributed by atoms with E-state index in [1.165, 1.54) is 23.2 Å². The molecule has 0 unspecified atom stereocenters. The largest absolute Gasteiger partial charge is 0.478 e. The minimum atomic E-state index is -1.05. The highest BCUT2D eigenvalue weighted by Crippen LogP contribution is 2.22. The smallest absolute Gasteiger partial charge is 0.381 e. The maximum Gasteiger partial charge on any atom is 0.381 e. The third-order valence-electron chi connectivity index (χ3n) is 2.24.